The number of rotatable bonds is 2. The average molecular weight is 238 g/mol. The van der Waals surface area contributed by atoms with Crippen molar-refractivity contribution < 1.29 is 4.74 Å². The normalized spacial score (nSPS) is 10.4. The van der Waals surface area contributed by atoms with E-state index in [0.717, 1.165) is 5.56 Å². The summed E-state index contributed by atoms with van der Waals surface area (Å²) < 4.78 is 7.31. The van der Waals surface area contributed by atoms with Gasteiger partial charge in [0.1, 0.15) is 5.75 Å². The molecule has 2 aromatic rings. The maximum Gasteiger partial charge on any atom is 0.165 e. The zero-order chi connectivity index (χ0) is 11.7. The standard InChI is InChI=1S/C11H12ClN3O/c1-7-3-10(13)9(12)4-11(7)16-8-5-14-15(2)6-8/h3-6H,13H2,1-2H3. The Labute approximate surface area is 98.6 Å². The van der Waals surface area contributed by atoms with E-state index in [2.05, 4.69) is 5.10 Å². The number of aryl methyl sites for hydroxylation is 2. The topological polar surface area (TPSA) is 53.1 Å². The monoisotopic (exact) mass is 237 g/mol. The van der Waals surface area contributed by atoms with Crippen LogP contribution in [0.3, 0.4) is 0 Å². The van der Waals surface area contributed by atoms with Gasteiger partial charge in [-0.05, 0) is 18.6 Å². The van der Waals surface area contributed by atoms with E-state index in [4.69, 9.17) is 22.1 Å². The number of hydrogen-bond acceptors (Lipinski definition) is 3. The first-order valence-corrected chi connectivity index (χ1v) is 5.16. The van der Waals surface area contributed by atoms with Crippen molar-refractivity contribution in [2.24, 2.45) is 7.05 Å². The second kappa shape index (κ2) is 4.06. The van der Waals surface area contributed by atoms with Crippen molar-refractivity contribution in [2.75, 3.05) is 5.73 Å². The molecule has 1 aromatic carbocycles. The summed E-state index contributed by atoms with van der Waals surface area (Å²) in [6.07, 6.45) is 3.42. The Bertz CT molecular complexity index is 522. The summed E-state index contributed by atoms with van der Waals surface area (Å²) in [5.41, 5.74) is 7.17. The fraction of sp³-hybridized carbons (Fsp3) is 0.182. The summed E-state index contributed by atoms with van der Waals surface area (Å²) in [5.74, 6) is 1.36. The van der Waals surface area contributed by atoms with Crippen LogP contribution >= 0.6 is 11.6 Å². The highest BCUT2D eigenvalue weighted by Crippen LogP contribution is 2.31. The van der Waals surface area contributed by atoms with Crippen LogP contribution in [0.4, 0.5) is 5.69 Å². The first-order valence-electron chi connectivity index (χ1n) is 4.78. The van der Waals surface area contributed by atoms with Gasteiger partial charge in [0.15, 0.2) is 5.75 Å². The highest BCUT2D eigenvalue weighted by molar-refractivity contribution is 6.33. The Hall–Kier alpha value is -1.68. The van der Waals surface area contributed by atoms with Crippen molar-refractivity contribution in [2.45, 2.75) is 6.92 Å². The highest BCUT2D eigenvalue weighted by Gasteiger charge is 2.06. The minimum Gasteiger partial charge on any atom is -0.454 e. The van der Waals surface area contributed by atoms with Gasteiger partial charge in [0.05, 0.1) is 23.1 Å². The van der Waals surface area contributed by atoms with Gasteiger partial charge in [-0.2, -0.15) is 5.10 Å². The van der Waals surface area contributed by atoms with Crippen LogP contribution in [0.2, 0.25) is 5.02 Å². The Morgan fingerprint density at radius 2 is 2.19 bits per heavy atom. The first-order chi connectivity index (χ1) is 7.56. The van der Waals surface area contributed by atoms with Crippen LogP contribution in [-0.2, 0) is 7.05 Å². The number of hydrogen-bond donors (Lipinski definition) is 1. The van der Waals surface area contributed by atoms with Crippen LogP contribution in [-0.4, -0.2) is 9.78 Å². The van der Waals surface area contributed by atoms with E-state index in [0.29, 0.717) is 22.2 Å². The fourth-order valence-electron chi connectivity index (χ4n) is 1.37. The van der Waals surface area contributed by atoms with Gasteiger partial charge < -0.3 is 10.5 Å². The largest absolute Gasteiger partial charge is 0.454 e. The molecule has 16 heavy (non-hydrogen) atoms. The van der Waals surface area contributed by atoms with Crippen molar-refractivity contribution >= 4 is 17.3 Å². The summed E-state index contributed by atoms with van der Waals surface area (Å²) >= 11 is 5.93. The molecule has 0 saturated heterocycles. The van der Waals surface area contributed by atoms with Gasteiger partial charge in [0.2, 0.25) is 0 Å². The molecule has 0 bridgehead atoms. The summed E-state index contributed by atoms with van der Waals surface area (Å²) in [6, 6.07) is 3.49. The molecule has 0 aliphatic carbocycles. The van der Waals surface area contributed by atoms with E-state index in [1.807, 2.05) is 14.0 Å². The Balaban J connectivity index is 2.31. The average Bonchev–Trinajstić information content (AvgIpc) is 2.60. The molecule has 84 valence electrons. The lowest BCUT2D eigenvalue weighted by Gasteiger charge is -2.08. The molecule has 0 atom stereocenters. The third-order valence-corrected chi connectivity index (χ3v) is 2.53. The van der Waals surface area contributed by atoms with E-state index in [1.165, 1.54) is 0 Å². The number of nitrogens with zero attached hydrogens (tertiary/aromatic N) is 2. The number of benzene rings is 1. The summed E-state index contributed by atoms with van der Waals surface area (Å²) in [4.78, 5) is 0. The van der Waals surface area contributed by atoms with Crippen molar-refractivity contribution in [3.05, 3.63) is 35.1 Å². The van der Waals surface area contributed by atoms with Gasteiger partial charge in [-0.15, -0.1) is 0 Å². The SMILES string of the molecule is Cc1cc(N)c(Cl)cc1Oc1cnn(C)c1. The van der Waals surface area contributed by atoms with Gasteiger partial charge in [0, 0.05) is 13.1 Å². The van der Waals surface area contributed by atoms with E-state index in [9.17, 15) is 0 Å². The molecule has 0 unspecified atom stereocenters. The number of aromatic nitrogens is 2. The Morgan fingerprint density at radius 1 is 1.44 bits per heavy atom. The molecule has 4 nitrogen and oxygen atoms in total. The highest BCUT2D eigenvalue weighted by atomic mass is 35.5. The van der Waals surface area contributed by atoms with E-state index < -0.39 is 0 Å². The summed E-state index contributed by atoms with van der Waals surface area (Å²) in [6.45, 7) is 1.92. The van der Waals surface area contributed by atoms with E-state index in [1.54, 1.807) is 29.2 Å². The smallest absolute Gasteiger partial charge is 0.165 e. The lowest BCUT2D eigenvalue weighted by molar-refractivity contribution is 0.478. The Kier molecular flexibility index (Phi) is 2.75. The molecule has 0 fully saturated rings. The first kappa shape index (κ1) is 10.8. The van der Waals surface area contributed by atoms with Crippen molar-refractivity contribution in [1.82, 2.24) is 9.78 Å². The van der Waals surface area contributed by atoms with Gasteiger partial charge >= 0.3 is 0 Å². The fourth-order valence-corrected chi connectivity index (χ4v) is 1.53. The second-order valence-electron chi connectivity index (χ2n) is 3.59. The van der Waals surface area contributed by atoms with Crippen LogP contribution in [0.1, 0.15) is 5.56 Å². The molecular weight excluding hydrogens is 226 g/mol. The van der Waals surface area contributed by atoms with Crippen molar-refractivity contribution in [3.63, 3.8) is 0 Å². The number of ether oxygens (including phenoxy) is 1. The van der Waals surface area contributed by atoms with Gasteiger partial charge in [-0.1, -0.05) is 11.6 Å². The van der Waals surface area contributed by atoms with Crippen LogP contribution in [0, 0.1) is 6.92 Å². The molecular formula is C11H12ClN3O. The molecule has 5 heteroatoms. The van der Waals surface area contributed by atoms with E-state index >= 15 is 0 Å². The number of nitrogens with two attached hydrogens (primary N) is 1. The molecule has 1 heterocycles. The zero-order valence-electron chi connectivity index (χ0n) is 9.07. The van der Waals surface area contributed by atoms with Crippen LogP contribution in [0.5, 0.6) is 11.5 Å². The molecule has 0 radical (unpaired) electrons. The van der Waals surface area contributed by atoms with Gasteiger partial charge in [-0.3, -0.25) is 4.68 Å². The molecule has 2 rings (SSSR count). The lowest BCUT2D eigenvalue weighted by atomic mass is 10.2. The summed E-state index contributed by atoms with van der Waals surface area (Å²) in [7, 11) is 1.83. The lowest BCUT2D eigenvalue weighted by Crippen LogP contribution is -1.91. The summed E-state index contributed by atoms with van der Waals surface area (Å²) in [5, 5.41) is 4.51. The molecule has 1 aromatic heterocycles. The maximum atomic E-state index is 5.93. The van der Waals surface area contributed by atoms with Crippen molar-refractivity contribution in [3.8, 4) is 11.5 Å². The quantitative estimate of drug-likeness (QED) is 0.818. The predicted octanol–water partition coefficient (Wildman–Crippen LogP) is 2.76. The number of halogens is 1. The minimum absolute atomic E-state index is 0.490. The van der Waals surface area contributed by atoms with Gasteiger partial charge in [-0.25, -0.2) is 0 Å². The second-order valence-corrected chi connectivity index (χ2v) is 4.00. The molecule has 0 saturated carbocycles. The van der Waals surface area contributed by atoms with Crippen molar-refractivity contribution in [1.29, 1.82) is 0 Å². The zero-order valence-corrected chi connectivity index (χ0v) is 9.82. The molecule has 0 amide bonds. The molecule has 0 aliphatic heterocycles. The molecule has 2 N–H and O–H groups in total. The molecule has 0 aliphatic rings. The third-order valence-electron chi connectivity index (χ3n) is 2.20. The van der Waals surface area contributed by atoms with Crippen LogP contribution in [0.15, 0.2) is 24.5 Å². The third kappa shape index (κ3) is 2.12. The Morgan fingerprint density at radius 3 is 2.81 bits per heavy atom. The van der Waals surface area contributed by atoms with Crippen LogP contribution < -0.4 is 10.5 Å². The van der Waals surface area contributed by atoms with Crippen LogP contribution in [0.25, 0.3) is 0 Å². The number of nitrogen functional groups attached to an aromatic ring is 1. The number of anilines is 1. The minimum atomic E-state index is 0.490. The maximum absolute atomic E-state index is 5.93. The predicted molar refractivity (Wildman–Crippen MR) is 63.9 cm³/mol. The molecule has 0 spiro atoms. The van der Waals surface area contributed by atoms with Gasteiger partial charge in [0.25, 0.3) is 0 Å². The van der Waals surface area contributed by atoms with E-state index in [-0.39, 0.29) is 0 Å².